The Hall–Kier alpha value is -1.56. The highest BCUT2D eigenvalue weighted by Gasteiger charge is 2.02. The predicted octanol–water partition coefficient (Wildman–Crippen LogP) is 3.03. The Bertz CT molecular complexity index is 557. The van der Waals surface area contributed by atoms with Crippen molar-refractivity contribution in [3.05, 3.63) is 63.7 Å². The van der Waals surface area contributed by atoms with E-state index in [1.165, 1.54) is 5.56 Å². The second-order valence-electron chi connectivity index (χ2n) is 4.33. The van der Waals surface area contributed by atoms with Gasteiger partial charge in [0.25, 0.3) is 5.91 Å². The molecule has 0 saturated heterocycles. The molecule has 0 aliphatic heterocycles. The second-order valence-corrected chi connectivity index (χ2v) is 5.58. The number of rotatable bonds is 6. The topological polar surface area (TPSA) is 38.3 Å². The number of amides is 1. The monoisotopic (exact) mass is 381 g/mol. The van der Waals surface area contributed by atoms with Gasteiger partial charge in [0.1, 0.15) is 5.75 Å². The number of benzene rings is 2. The molecule has 0 atom stereocenters. The van der Waals surface area contributed by atoms with Crippen LogP contribution in [0.3, 0.4) is 0 Å². The molecule has 0 saturated carbocycles. The molecule has 4 heteroatoms. The molecule has 0 aliphatic carbocycles. The number of hydrogen-bond acceptors (Lipinski definition) is 2. The molecule has 0 bridgehead atoms. The van der Waals surface area contributed by atoms with Crippen LogP contribution in [0.5, 0.6) is 5.75 Å². The van der Waals surface area contributed by atoms with E-state index >= 15 is 0 Å². The largest absolute Gasteiger partial charge is 0.484 e. The molecule has 2 rings (SSSR count). The Morgan fingerprint density at radius 2 is 1.90 bits per heavy atom. The smallest absolute Gasteiger partial charge is 0.257 e. The molecule has 1 amide bonds. The van der Waals surface area contributed by atoms with Crippen molar-refractivity contribution in [3.63, 3.8) is 0 Å². The highest BCUT2D eigenvalue weighted by atomic mass is 127. The standard InChI is InChI=1S/C16H16INO2/c17-14-7-4-8-15(11-14)20-12-16(19)18-10-9-13-5-2-1-3-6-13/h1-8,11H,9-10,12H2,(H,18,19). The maximum absolute atomic E-state index is 11.7. The molecule has 20 heavy (non-hydrogen) atoms. The minimum Gasteiger partial charge on any atom is -0.484 e. The summed E-state index contributed by atoms with van der Waals surface area (Å²) in [6, 6.07) is 17.7. The molecule has 0 aromatic heterocycles. The van der Waals surface area contributed by atoms with Crippen molar-refractivity contribution in [2.24, 2.45) is 0 Å². The lowest BCUT2D eigenvalue weighted by Crippen LogP contribution is -2.30. The van der Waals surface area contributed by atoms with Gasteiger partial charge in [-0.1, -0.05) is 36.4 Å². The van der Waals surface area contributed by atoms with Gasteiger partial charge in [-0.25, -0.2) is 0 Å². The molecular weight excluding hydrogens is 365 g/mol. The Labute approximate surface area is 132 Å². The highest BCUT2D eigenvalue weighted by Crippen LogP contribution is 2.14. The number of halogens is 1. The summed E-state index contributed by atoms with van der Waals surface area (Å²) in [6.07, 6.45) is 0.829. The Kier molecular flexibility index (Phi) is 5.86. The second kappa shape index (κ2) is 7.89. The third kappa shape index (κ3) is 5.21. The number of carbonyl (C=O) groups is 1. The van der Waals surface area contributed by atoms with E-state index in [0.29, 0.717) is 6.54 Å². The zero-order valence-electron chi connectivity index (χ0n) is 11.0. The molecular formula is C16H16INO2. The molecule has 104 valence electrons. The van der Waals surface area contributed by atoms with E-state index in [2.05, 4.69) is 40.0 Å². The van der Waals surface area contributed by atoms with Gasteiger partial charge in [-0.15, -0.1) is 0 Å². The Balaban J connectivity index is 1.68. The van der Waals surface area contributed by atoms with E-state index in [-0.39, 0.29) is 12.5 Å². The lowest BCUT2D eigenvalue weighted by Gasteiger charge is -2.07. The molecule has 0 heterocycles. The van der Waals surface area contributed by atoms with Crippen molar-refractivity contribution in [3.8, 4) is 5.75 Å². The van der Waals surface area contributed by atoms with Crippen molar-refractivity contribution in [2.45, 2.75) is 6.42 Å². The van der Waals surface area contributed by atoms with E-state index < -0.39 is 0 Å². The molecule has 3 nitrogen and oxygen atoms in total. The van der Waals surface area contributed by atoms with Gasteiger partial charge in [-0.3, -0.25) is 4.79 Å². The molecule has 0 unspecified atom stereocenters. The van der Waals surface area contributed by atoms with Gasteiger partial charge in [0.2, 0.25) is 0 Å². The average molecular weight is 381 g/mol. The lowest BCUT2D eigenvalue weighted by molar-refractivity contribution is -0.123. The maximum atomic E-state index is 11.7. The summed E-state index contributed by atoms with van der Waals surface area (Å²) in [5.41, 5.74) is 1.21. The van der Waals surface area contributed by atoms with Crippen molar-refractivity contribution < 1.29 is 9.53 Å². The van der Waals surface area contributed by atoms with Crippen LogP contribution in [0, 0.1) is 3.57 Å². The van der Waals surface area contributed by atoms with E-state index in [1.54, 1.807) is 0 Å². The predicted molar refractivity (Wildman–Crippen MR) is 87.8 cm³/mol. The van der Waals surface area contributed by atoms with Crippen molar-refractivity contribution in [2.75, 3.05) is 13.2 Å². The van der Waals surface area contributed by atoms with Crippen LogP contribution in [-0.4, -0.2) is 19.1 Å². The average Bonchev–Trinajstić information content (AvgIpc) is 2.46. The van der Waals surface area contributed by atoms with Crippen LogP contribution in [0.2, 0.25) is 0 Å². The van der Waals surface area contributed by atoms with E-state index in [0.717, 1.165) is 15.7 Å². The van der Waals surface area contributed by atoms with E-state index in [1.807, 2.05) is 42.5 Å². The summed E-state index contributed by atoms with van der Waals surface area (Å²) in [7, 11) is 0. The summed E-state index contributed by atoms with van der Waals surface area (Å²) in [4.78, 5) is 11.7. The van der Waals surface area contributed by atoms with Crippen LogP contribution in [0.15, 0.2) is 54.6 Å². The number of nitrogens with one attached hydrogen (secondary N) is 1. The maximum Gasteiger partial charge on any atom is 0.257 e. The molecule has 2 aromatic rings. The number of ether oxygens (including phenoxy) is 1. The van der Waals surface area contributed by atoms with Crippen LogP contribution in [0.25, 0.3) is 0 Å². The number of carbonyl (C=O) groups excluding carboxylic acids is 1. The first kappa shape index (κ1) is 14.8. The van der Waals surface area contributed by atoms with Crippen molar-refractivity contribution in [1.82, 2.24) is 5.32 Å². The van der Waals surface area contributed by atoms with Crippen LogP contribution in [-0.2, 0) is 11.2 Å². The first-order valence-corrected chi connectivity index (χ1v) is 7.51. The van der Waals surface area contributed by atoms with E-state index in [4.69, 9.17) is 4.74 Å². The summed E-state index contributed by atoms with van der Waals surface area (Å²) in [5.74, 6) is 0.620. The minimum absolute atomic E-state index is 0.0505. The minimum atomic E-state index is -0.0974. The molecule has 0 aliphatic rings. The van der Waals surface area contributed by atoms with Gasteiger partial charge in [0.05, 0.1) is 0 Å². The Morgan fingerprint density at radius 1 is 1.10 bits per heavy atom. The number of hydrogen-bond donors (Lipinski definition) is 1. The van der Waals surface area contributed by atoms with Crippen LogP contribution in [0.4, 0.5) is 0 Å². The summed E-state index contributed by atoms with van der Waals surface area (Å²) >= 11 is 2.21. The Morgan fingerprint density at radius 3 is 2.65 bits per heavy atom. The van der Waals surface area contributed by atoms with Crippen LogP contribution in [0.1, 0.15) is 5.56 Å². The zero-order chi connectivity index (χ0) is 14.2. The van der Waals surface area contributed by atoms with Gasteiger partial charge in [-0.05, 0) is 52.8 Å². The summed E-state index contributed by atoms with van der Waals surface area (Å²) < 4.78 is 6.52. The van der Waals surface area contributed by atoms with Gasteiger partial charge in [-0.2, -0.15) is 0 Å². The fraction of sp³-hybridized carbons (Fsp3) is 0.188. The lowest BCUT2D eigenvalue weighted by atomic mass is 10.1. The highest BCUT2D eigenvalue weighted by molar-refractivity contribution is 14.1. The summed E-state index contributed by atoms with van der Waals surface area (Å²) in [6.45, 7) is 0.674. The fourth-order valence-electron chi connectivity index (χ4n) is 1.75. The first-order chi connectivity index (χ1) is 9.74. The normalized spacial score (nSPS) is 10.1. The van der Waals surface area contributed by atoms with Gasteiger partial charge >= 0.3 is 0 Å². The molecule has 2 aromatic carbocycles. The van der Waals surface area contributed by atoms with E-state index in [9.17, 15) is 4.79 Å². The molecule has 0 spiro atoms. The fourth-order valence-corrected chi connectivity index (χ4v) is 2.26. The first-order valence-electron chi connectivity index (χ1n) is 6.43. The zero-order valence-corrected chi connectivity index (χ0v) is 13.2. The van der Waals surface area contributed by atoms with Gasteiger partial charge in [0.15, 0.2) is 6.61 Å². The van der Waals surface area contributed by atoms with Crippen LogP contribution < -0.4 is 10.1 Å². The third-order valence-corrected chi connectivity index (χ3v) is 3.42. The molecule has 0 fully saturated rings. The summed E-state index contributed by atoms with van der Waals surface area (Å²) in [5, 5.41) is 2.85. The quantitative estimate of drug-likeness (QED) is 0.782. The van der Waals surface area contributed by atoms with Crippen LogP contribution >= 0.6 is 22.6 Å². The van der Waals surface area contributed by atoms with Crippen molar-refractivity contribution in [1.29, 1.82) is 0 Å². The molecule has 0 radical (unpaired) electrons. The van der Waals surface area contributed by atoms with Gasteiger partial charge in [0, 0.05) is 10.1 Å². The third-order valence-electron chi connectivity index (χ3n) is 2.74. The molecule has 1 N–H and O–H groups in total. The van der Waals surface area contributed by atoms with Crippen molar-refractivity contribution >= 4 is 28.5 Å². The SMILES string of the molecule is O=C(COc1cccc(I)c1)NCCc1ccccc1. The van der Waals surface area contributed by atoms with Gasteiger partial charge < -0.3 is 10.1 Å².